The lowest BCUT2D eigenvalue weighted by molar-refractivity contribution is -0.142. The molecule has 0 aliphatic carbocycles. The number of hydrogen-bond donors (Lipinski definition) is 4. The molecule has 4 aromatic rings. The number of aromatic amines is 1. The minimum absolute atomic E-state index is 0.0652. The number of nitrogens with two attached hydrogens (primary N) is 1. The molecule has 0 amide bonds. The van der Waals surface area contributed by atoms with Crippen molar-refractivity contribution in [3.8, 4) is 11.5 Å². The van der Waals surface area contributed by atoms with Gasteiger partial charge in [-0.25, -0.2) is 4.39 Å². The lowest BCUT2D eigenvalue weighted by atomic mass is 9.97. The minimum Gasteiger partial charge on any atom is -0.481 e. The van der Waals surface area contributed by atoms with Crippen molar-refractivity contribution in [1.82, 2.24) is 20.2 Å². The van der Waals surface area contributed by atoms with Crippen LogP contribution in [0.3, 0.4) is 0 Å². The second-order valence-corrected chi connectivity index (χ2v) is 8.06. The average Bonchev–Trinajstić information content (AvgIpc) is 3.28. The highest BCUT2D eigenvalue weighted by Crippen LogP contribution is 2.30. The Morgan fingerprint density at radius 3 is 2.76 bits per heavy atom. The Morgan fingerprint density at radius 1 is 1.18 bits per heavy atom. The number of hydrogen-bond acceptors (Lipinski definition) is 8. The third kappa shape index (κ3) is 4.53. The lowest BCUT2D eigenvalue weighted by Crippen LogP contribution is -2.36. The molecule has 11 heteroatoms. The highest BCUT2D eigenvalue weighted by molar-refractivity contribution is 5.79. The normalized spacial score (nSPS) is 14.3. The molecule has 1 fully saturated rings. The first-order valence-electron chi connectivity index (χ1n) is 10.7. The van der Waals surface area contributed by atoms with E-state index in [1.165, 1.54) is 12.1 Å². The summed E-state index contributed by atoms with van der Waals surface area (Å²) in [5, 5.41) is 19.9. The van der Waals surface area contributed by atoms with Crippen molar-refractivity contribution in [2.45, 2.75) is 12.8 Å². The summed E-state index contributed by atoms with van der Waals surface area (Å²) in [6.45, 7) is 1.11. The fraction of sp³-hybridized carbons (Fsp3) is 0.217. The number of carbonyl (C=O) groups is 1. The zero-order valence-electron chi connectivity index (χ0n) is 18.0. The molecule has 1 aliphatic rings. The smallest absolute Gasteiger partial charge is 0.306 e. The molecule has 5 N–H and O–H groups in total. The first-order chi connectivity index (χ1) is 16.4. The topological polar surface area (TPSA) is 142 Å². The van der Waals surface area contributed by atoms with Crippen molar-refractivity contribution >= 4 is 40.1 Å². The van der Waals surface area contributed by atoms with Crippen molar-refractivity contribution < 1.29 is 19.0 Å². The van der Waals surface area contributed by atoms with E-state index in [0.717, 1.165) is 10.9 Å². The number of piperidine rings is 1. The third-order valence-electron chi connectivity index (χ3n) is 5.74. The highest BCUT2D eigenvalue weighted by atomic mass is 19.1. The molecule has 1 saturated heterocycles. The minimum atomic E-state index is -0.777. The van der Waals surface area contributed by atoms with Crippen LogP contribution in [0.2, 0.25) is 0 Å². The van der Waals surface area contributed by atoms with Crippen LogP contribution in [0, 0.1) is 11.7 Å². The summed E-state index contributed by atoms with van der Waals surface area (Å²) in [5.74, 6) is -0.0362. The second-order valence-electron chi connectivity index (χ2n) is 8.06. The summed E-state index contributed by atoms with van der Waals surface area (Å²) in [7, 11) is 0. The van der Waals surface area contributed by atoms with Crippen molar-refractivity contribution in [2.24, 2.45) is 5.92 Å². The van der Waals surface area contributed by atoms with E-state index in [1.54, 1.807) is 30.5 Å². The van der Waals surface area contributed by atoms with Crippen LogP contribution >= 0.6 is 0 Å². The molecule has 0 bridgehead atoms. The van der Waals surface area contributed by atoms with Gasteiger partial charge in [0.25, 0.3) is 0 Å². The Morgan fingerprint density at radius 2 is 2.00 bits per heavy atom. The predicted octanol–water partition coefficient (Wildman–Crippen LogP) is 3.91. The molecule has 34 heavy (non-hydrogen) atoms. The molecular weight excluding hydrogens is 441 g/mol. The van der Waals surface area contributed by atoms with Gasteiger partial charge in [0.2, 0.25) is 5.95 Å². The number of nitrogens with one attached hydrogen (secondary N) is 2. The standard InChI is InChI=1S/C23H22FN7O3/c24-17-10-15(1-4-19(17)34-16-2-3-18-14(9-16)12-26-30-18)27-20-11-21(29-23(25)28-20)31-7-5-13(6-8-31)22(32)33/h1-4,9-13H,5-8H2,(H,26,30)(H,32,33)(H3,25,27,28,29). The Labute approximate surface area is 193 Å². The third-order valence-corrected chi connectivity index (χ3v) is 5.74. The lowest BCUT2D eigenvalue weighted by Gasteiger charge is -2.31. The molecule has 2 aromatic heterocycles. The van der Waals surface area contributed by atoms with Crippen LogP contribution in [0.1, 0.15) is 12.8 Å². The molecule has 174 valence electrons. The second kappa shape index (κ2) is 8.85. The van der Waals surface area contributed by atoms with Gasteiger partial charge in [-0.1, -0.05) is 0 Å². The van der Waals surface area contributed by atoms with Gasteiger partial charge in [-0.05, 0) is 43.2 Å². The average molecular weight is 463 g/mol. The maximum atomic E-state index is 14.7. The molecule has 0 atom stereocenters. The number of anilines is 4. The van der Waals surface area contributed by atoms with Crippen molar-refractivity contribution in [3.63, 3.8) is 0 Å². The van der Waals surface area contributed by atoms with Gasteiger partial charge >= 0.3 is 5.97 Å². The van der Waals surface area contributed by atoms with Crippen LogP contribution in [0.4, 0.5) is 27.7 Å². The van der Waals surface area contributed by atoms with Gasteiger partial charge < -0.3 is 25.8 Å². The predicted molar refractivity (Wildman–Crippen MR) is 125 cm³/mol. The molecule has 0 unspecified atom stereocenters. The first kappa shape index (κ1) is 21.4. The van der Waals surface area contributed by atoms with E-state index < -0.39 is 11.8 Å². The number of aromatic nitrogens is 4. The van der Waals surface area contributed by atoms with E-state index in [9.17, 15) is 14.3 Å². The number of fused-ring (bicyclic) bond motifs is 1. The molecule has 2 aromatic carbocycles. The first-order valence-corrected chi connectivity index (χ1v) is 10.7. The maximum absolute atomic E-state index is 14.7. The van der Waals surface area contributed by atoms with Gasteiger partial charge in [-0.15, -0.1) is 0 Å². The molecule has 0 radical (unpaired) electrons. The maximum Gasteiger partial charge on any atom is 0.306 e. The van der Waals surface area contributed by atoms with E-state index in [4.69, 9.17) is 10.5 Å². The summed E-state index contributed by atoms with van der Waals surface area (Å²) in [4.78, 5) is 21.6. The van der Waals surface area contributed by atoms with Gasteiger partial charge in [-0.3, -0.25) is 9.89 Å². The Bertz CT molecular complexity index is 1350. The largest absolute Gasteiger partial charge is 0.481 e. The van der Waals surface area contributed by atoms with Crippen molar-refractivity contribution in [1.29, 1.82) is 0 Å². The van der Waals surface area contributed by atoms with Gasteiger partial charge in [0, 0.05) is 36.3 Å². The number of nitrogens with zero attached hydrogens (tertiary/aromatic N) is 4. The number of nitrogen functional groups attached to an aromatic ring is 1. The summed E-state index contributed by atoms with van der Waals surface area (Å²) in [5.41, 5.74) is 7.21. The van der Waals surface area contributed by atoms with Gasteiger partial charge in [-0.2, -0.15) is 15.1 Å². The number of rotatable bonds is 6. The van der Waals surface area contributed by atoms with Gasteiger partial charge in [0.1, 0.15) is 17.4 Å². The zero-order valence-corrected chi connectivity index (χ0v) is 18.0. The summed E-state index contributed by atoms with van der Waals surface area (Å²) < 4.78 is 20.4. The number of H-pyrrole nitrogens is 1. The van der Waals surface area contributed by atoms with Crippen LogP contribution in [0.25, 0.3) is 10.9 Å². The van der Waals surface area contributed by atoms with Crippen LogP contribution in [0.15, 0.2) is 48.7 Å². The van der Waals surface area contributed by atoms with Crippen LogP contribution in [-0.4, -0.2) is 44.3 Å². The van der Waals surface area contributed by atoms with Crippen LogP contribution < -0.4 is 20.7 Å². The van der Waals surface area contributed by atoms with Crippen LogP contribution in [-0.2, 0) is 4.79 Å². The fourth-order valence-corrected chi connectivity index (χ4v) is 3.95. The Hall–Kier alpha value is -4.41. The number of carboxylic acid groups (broad SMARTS) is 1. The van der Waals surface area contributed by atoms with E-state index in [1.807, 2.05) is 11.0 Å². The monoisotopic (exact) mass is 463 g/mol. The van der Waals surface area contributed by atoms with E-state index >= 15 is 0 Å². The molecule has 5 rings (SSSR count). The zero-order chi connectivity index (χ0) is 23.7. The quantitative estimate of drug-likeness (QED) is 0.335. The summed E-state index contributed by atoms with van der Waals surface area (Å²) in [6, 6.07) is 11.5. The number of ether oxygens (including phenoxy) is 1. The van der Waals surface area contributed by atoms with E-state index in [2.05, 4.69) is 25.5 Å². The van der Waals surface area contributed by atoms with Gasteiger partial charge in [0.15, 0.2) is 11.6 Å². The SMILES string of the molecule is Nc1nc(Nc2ccc(Oc3ccc4[nH]ncc4c3)c(F)c2)cc(N2CCC(C(=O)O)CC2)n1. The number of benzene rings is 2. The Balaban J connectivity index is 1.29. The number of carboxylic acids is 1. The molecular formula is C23H22FN7O3. The summed E-state index contributed by atoms with van der Waals surface area (Å²) >= 11 is 0. The number of halogens is 1. The molecule has 10 nitrogen and oxygen atoms in total. The van der Waals surface area contributed by atoms with Crippen molar-refractivity contribution in [2.75, 3.05) is 29.0 Å². The van der Waals surface area contributed by atoms with E-state index in [-0.39, 0.29) is 17.6 Å². The molecule has 1 aliphatic heterocycles. The highest BCUT2D eigenvalue weighted by Gasteiger charge is 2.25. The van der Waals surface area contributed by atoms with Crippen LogP contribution in [0.5, 0.6) is 11.5 Å². The molecule has 0 spiro atoms. The van der Waals surface area contributed by atoms with Gasteiger partial charge in [0.05, 0.1) is 17.6 Å². The van der Waals surface area contributed by atoms with E-state index in [0.29, 0.717) is 49.0 Å². The van der Waals surface area contributed by atoms with Crippen molar-refractivity contribution in [3.05, 3.63) is 54.5 Å². The summed E-state index contributed by atoms with van der Waals surface area (Å²) in [6.07, 6.45) is 2.73. The fourth-order valence-electron chi connectivity index (χ4n) is 3.95. The molecule has 3 heterocycles. The number of aliphatic carboxylic acids is 1. The molecule has 0 saturated carbocycles. The Kier molecular flexibility index (Phi) is 5.58.